The van der Waals surface area contributed by atoms with Crippen molar-refractivity contribution in [2.24, 2.45) is 5.92 Å². The molecule has 0 fully saturated rings. The first-order valence-corrected chi connectivity index (χ1v) is 8.29. The summed E-state index contributed by atoms with van der Waals surface area (Å²) >= 11 is 0. The van der Waals surface area contributed by atoms with Crippen LogP contribution in [0.5, 0.6) is 0 Å². The van der Waals surface area contributed by atoms with Gasteiger partial charge in [0.1, 0.15) is 6.04 Å². The molecular weight excluding hydrogens is 316 g/mol. The van der Waals surface area contributed by atoms with Gasteiger partial charge in [0, 0.05) is 6.54 Å². The van der Waals surface area contributed by atoms with Crippen LogP contribution in [-0.4, -0.2) is 28.7 Å². The molecule has 1 aliphatic heterocycles. The van der Waals surface area contributed by atoms with Crippen LogP contribution in [0.4, 0.5) is 0 Å². The Balaban J connectivity index is 1.81. The van der Waals surface area contributed by atoms with E-state index in [1.165, 1.54) is 0 Å². The number of nitrogens with zero attached hydrogens (tertiary/aromatic N) is 1. The number of carbonyl (C=O) groups excluding carboxylic acids is 3. The summed E-state index contributed by atoms with van der Waals surface area (Å²) in [5, 5.41) is 2.84. The second kappa shape index (κ2) is 6.89. The molecule has 2 aromatic rings. The maximum Gasteiger partial charge on any atom is 0.262 e. The van der Waals surface area contributed by atoms with E-state index in [-0.39, 0.29) is 11.8 Å². The Morgan fingerprint density at radius 2 is 1.44 bits per heavy atom. The summed E-state index contributed by atoms with van der Waals surface area (Å²) in [7, 11) is 0. The molecule has 0 spiro atoms. The van der Waals surface area contributed by atoms with E-state index in [0.29, 0.717) is 17.7 Å². The van der Waals surface area contributed by atoms with Crippen molar-refractivity contribution in [3.8, 4) is 0 Å². The fourth-order valence-electron chi connectivity index (χ4n) is 3.07. The Bertz CT molecular complexity index is 780. The lowest BCUT2D eigenvalue weighted by molar-refractivity contribution is -0.126. The predicted octanol–water partition coefficient (Wildman–Crippen LogP) is 2.62. The van der Waals surface area contributed by atoms with Gasteiger partial charge in [0.2, 0.25) is 5.91 Å². The SMILES string of the molecule is CC(C)C(C(=O)NCc1ccccc1)N1C(=O)c2ccccc2C1=O. The summed E-state index contributed by atoms with van der Waals surface area (Å²) < 4.78 is 0. The van der Waals surface area contributed by atoms with Crippen molar-refractivity contribution in [3.05, 3.63) is 71.3 Å². The fourth-order valence-corrected chi connectivity index (χ4v) is 3.07. The molecule has 1 aliphatic rings. The highest BCUT2D eigenvalue weighted by Crippen LogP contribution is 2.27. The normalized spacial score (nSPS) is 14.6. The summed E-state index contributed by atoms with van der Waals surface area (Å²) in [4.78, 5) is 39.1. The van der Waals surface area contributed by atoms with E-state index < -0.39 is 17.9 Å². The number of rotatable bonds is 5. The maximum atomic E-state index is 12.7. The third kappa shape index (κ3) is 3.18. The van der Waals surface area contributed by atoms with Crippen LogP contribution in [0, 0.1) is 5.92 Å². The van der Waals surface area contributed by atoms with E-state index in [0.717, 1.165) is 10.5 Å². The zero-order valence-corrected chi connectivity index (χ0v) is 14.2. The molecule has 1 unspecified atom stereocenters. The third-order valence-corrected chi connectivity index (χ3v) is 4.31. The van der Waals surface area contributed by atoms with Gasteiger partial charge < -0.3 is 5.32 Å². The highest BCUT2D eigenvalue weighted by molar-refractivity contribution is 6.22. The number of hydrogen-bond donors (Lipinski definition) is 1. The number of carbonyl (C=O) groups is 3. The summed E-state index contributed by atoms with van der Waals surface area (Å²) in [6.07, 6.45) is 0. The standard InChI is InChI=1S/C20H20N2O3/c1-13(2)17(18(23)21-12-14-8-4-3-5-9-14)22-19(24)15-10-6-7-11-16(15)20(22)25/h3-11,13,17H,12H2,1-2H3,(H,21,23). The van der Waals surface area contributed by atoms with Crippen LogP contribution in [0.3, 0.4) is 0 Å². The molecule has 1 atom stereocenters. The van der Waals surface area contributed by atoms with Crippen molar-refractivity contribution in [2.75, 3.05) is 0 Å². The summed E-state index contributed by atoms with van der Waals surface area (Å²) in [6.45, 7) is 4.01. The van der Waals surface area contributed by atoms with Crippen molar-refractivity contribution in [1.82, 2.24) is 10.2 Å². The zero-order chi connectivity index (χ0) is 18.0. The maximum absolute atomic E-state index is 12.7. The first kappa shape index (κ1) is 16.9. The van der Waals surface area contributed by atoms with Crippen LogP contribution in [-0.2, 0) is 11.3 Å². The lowest BCUT2D eigenvalue weighted by Crippen LogP contribution is -2.52. The summed E-state index contributed by atoms with van der Waals surface area (Å²) in [6, 6.07) is 15.3. The molecule has 128 valence electrons. The average molecular weight is 336 g/mol. The monoisotopic (exact) mass is 336 g/mol. The Morgan fingerprint density at radius 3 is 1.96 bits per heavy atom. The summed E-state index contributed by atoms with van der Waals surface area (Å²) in [5.74, 6) is -1.34. The number of benzene rings is 2. The Hall–Kier alpha value is -2.95. The Morgan fingerprint density at radius 1 is 0.920 bits per heavy atom. The van der Waals surface area contributed by atoms with Gasteiger partial charge in [0.25, 0.3) is 11.8 Å². The number of amides is 3. The molecule has 1 N–H and O–H groups in total. The van der Waals surface area contributed by atoms with Gasteiger partial charge in [-0.15, -0.1) is 0 Å². The minimum atomic E-state index is -0.837. The summed E-state index contributed by atoms with van der Waals surface area (Å²) in [5.41, 5.74) is 1.67. The Kier molecular flexibility index (Phi) is 4.65. The van der Waals surface area contributed by atoms with Crippen molar-refractivity contribution >= 4 is 17.7 Å². The number of fused-ring (bicyclic) bond motifs is 1. The minimum Gasteiger partial charge on any atom is -0.350 e. The third-order valence-electron chi connectivity index (χ3n) is 4.31. The molecule has 5 heteroatoms. The van der Waals surface area contributed by atoms with Gasteiger partial charge >= 0.3 is 0 Å². The van der Waals surface area contributed by atoms with Gasteiger partial charge in [-0.05, 0) is 23.6 Å². The molecule has 0 radical (unpaired) electrons. The van der Waals surface area contributed by atoms with Crippen LogP contribution < -0.4 is 5.32 Å². The molecule has 1 heterocycles. The molecule has 3 rings (SSSR count). The van der Waals surface area contributed by atoms with E-state index in [1.807, 2.05) is 44.2 Å². The second-order valence-corrected chi connectivity index (χ2v) is 6.42. The van der Waals surface area contributed by atoms with Crippen LogP contribution in [0.1, 0.15) is 40.1 Å². The van der Waals surface area contributed by atoms with E-state index >= 15 is 0 Å². The van der Waals surface area contributed by atoms with Crippen LogP contribution in [0.15, 0.2) is 54.6 Å². The smallest absolute Gasteiger partial charge is 0.262 e. The first-order valence-electron chi connectivity index (χ1n) is 8.29. The molecule has 0 saturated carbocycles. The molecule has 0 bridgehead atoms. The molecule has 3 amide bonds. The van der Waals surface area contributed by atoms with Gasteiger partial charge in [-0.2, -0.15) is 0 Å². The highest BCUT2D eigenvalue weighted by atomic mass is 16.2. The molecule has 25 heavy (non-hydrogen) atoms. The second-order valence-electron chi connectivity index (χ2n) is 6.42. The topological polar surface area (TPSA) is 66.5 Å². The average Bonchev–Trinajstić information content (AvgIpc) is 2.86. The van der Waals surface area contributed by atoms with E-state index in [1.54, 1.807) is 24.3 Å². The minimum absolute atomic E-state index is 0.196. The van der Waals surface area contributed by atoms with Gasteiger partial charge in [-0.3, -0.25) is 19.3 Å². The molecule has 0 aliphatic carbocycles. The number of nitrogens with one attached hydrogen (secondary N) is 1. The number of hydrogen-bond acceptors (Lipinski definition) is 3. The van der Waals surface area contributed by atoms with Crippen LogP contribution in [0.2, 0.25) is 0 Å². The molecule has 0 saturated heterocycles. The van der Waals surface area contributed by atoms with Crippen LogP contribution in [0.25, 0.3) is 0 Å². The molecule has 5 nitrogen and oxygen atoms in total. The first-order chi connectivity index (χ1) is 12.0. The van der Waals surface area contributed by atoms with Crippen molar-refractivity contribution < 1.29 is 14.4 Å². The van der Waals surface area contributed by atoms with E-state index in [9.17, 15) is 14.4 Å². The molecular formula is C20H20N2O3. The zero-order valence-electron chi connectivity index (χ0n) is 14.2. The van der Waals surface area contributed by atoms with Crippen LogP contribution >= 0.6 is 0 Å². The highest BCUT2D eigenvalue weighted by Gasteiger charge is 2.43. The number of imide groups is 1. The van der Waals surface area contributed by atoms with Crippen molar-refractivity contribution in [1.29, 1.82) is 0 Å². The van der Waals surface area contributed by atoms with Gasteiger partial charge in [0.15, 0.2) is 0 Å². The van der Waals surface area contributed by atoms with Gasteiger partial charge in [-0.25, -0.2) is 0 Å². The molecule has 2 aromatic carbocycles. The largest absolute Gasteiger partial charge is 0.350 e. The van der Waals surface area contributed by atoms with Gasteiger partial charge in [0.05, 0.1) is 11.1 Å². The molecule has 0 aromatic heterocycles. The lowest BCUT2D eigenvalue weighted by atomic mass is 10.0. The predicted molar refractivity (Wildman–Crippen MR) is 93.9 cm³/mol. The van der Waals surface area contributed by atoms with Crippen molar-refractivity contribution in [2.45, 2.75) is 26.4 Å². The van der Waals surface area contributed by atoms with E-state index in [2.05, 4.69) is 5.32 Å². The Labute approximate surface area is 146 Å². The van der Waals surface area contributed by atoms with Gasteiger partial charge in [-0.1, -0.05) is 56.3 Å². The van der Waals surface area contributed by atoms with E-state index in [4.69, 9.17) is 0 Å². The fraction of sp³-hybridized carbons (Fsp3) is 0.250. The van der Waals surface area contributed by atoms with Crippen molar-refractivity contribution in [3.63, 3.8) is 0 Å². The quantitative estimate of drug-likeness (QED) is 0.854. The lowest BCUT2D eigenvalue weighted by Gasteiger charge is -2.28.